The third-order valence-corrected chi connectivity index (χ3v) is 10.8. The standard InChI is InChI=1S/C27H39F2NO5/c1-14(30(13-23(28)29)24(34)15-4-5-15)16-7-9-27(35)18-10-20(31)19-11-21(32)22(33)12-25(19,2)17(18)6-8-26(16,27)3/h10,14-17,19,21-23,32-33,35H,4-9,11-13H2,1-3H3/t14?,16?,17?,19-,21+,22-,25+,26+,27+/m0/s1. The summed E-state index contributed by atoms with van der Waals surface area (Å²) >= 11 is 0. The molecule has 0 spiro atoms. The molecule has 0 heterocycles. The van der Waals surface area contributed by atoms with Crippen molar-refractivity contribution in [3.63, 3.8) is 0 Å². The Morgan fingerprint density at radius 3 is 2.43 bits per heavy atom. The predicted molar refractivity (Wildman–Crippen MR) is 124 cm³/mol. The van der Waals surface area contributed by atoms with E-state index in [1.807, 2.05) is 20.8 Å². The highest BCUT2D eigenvalue weighted by molar-refractivity contribution is 5.95. The van der Waals surface area contributed by atoms with Gasteiger partial charge < -0.3 is 20.2 Å². The number of halogens is 2. The number of aliphatic hydroxyl groups is 3. The Balaban J connectivity index is 1.48. The van der Waals surface area contributed by atoms with Gasteiger partial charge >= 0.3 is 0 Å². The van der Waals surface area contributed by atoms with Crippen LogP contribution in [0.15, 0.2) is 11.6 Å². The highest BCUT2D eigenvalue weighted by Gasteiger charge is 2.67. The molecule has 0 aromatic carbocycles. The molecule has 196 valence electrons. The van der Waals surface area contributed by atoms with Crippen molar-refractivity contribution in [2.75, 3.05) is 6.54 Å². The van der Waals surface area contributed by atoms with Gasteiger partial charge in [-0.25, -0.2) is 8.78 Å². The molecule has 5 aliphatic rings. The second kappa shape index (κ2) is 8.32. The molecule has 5 aliphatic carbocycles. The molecule has 0 radical (unpaired) electrons. The van der Waals surface area contributed by atoms with Gasteiger partial charge in [0.15, 0.2) is 5.78 Å². The smallest absolute Gasteiger partial charge is 0.255 e. The van der Waals surface area contributed by atoms with Crippen molar-refractivity contribution in [3.05, 3.63) is 11.6 Å². The van der Waals surface area contributed by atoms with Crippen molar-refractivity contribution in [1.82, 2.24) is 4.90 Å². The Kier molecular flexibility index (Phi) is 6.01. The van der Waals surface area contributed by atoms with Gasteiger partial charge in [0.05, 0.1) is 24.4 Å². The molecule has 1 amide bonds. The van der Waals surface area contributed by atoms with Crippen LogP contribution in [-0.4, -0.2) is 68.7 Å². The lowest BCUT2D eigenvalue weighted by molar-refractivity contribution is -0.155. The summed E-state index contributed by atoms with van der Waals surface area (Å²) in [6.07, 6.45) is 1.52. The maximum Gasteiger partial charge on any atom is 0.255 e. The van der Waals surface area contributed by atoms with Crippen LogP contribution in [0.1, 0.15) is 72.1 Å². The number of hydrogen-bond acceptors (Lipinski definition) is 5. The number of hydrogen-bond donors (Lipinski definition) is 3. The predicted octanol–water partition coefficient (Wildman–Crippen LogP) is 3.08. The molecule has 9 atom stereocenters. The van der Waals surface area contributed by atoms with E-state index in [1.165, 1.54) is 4.90 Å². The molecule has 35 heavy (non-hydrogen) atoms. The average molecular weight is 496 g/mol. The molecule has 0 aromatic rings. The molecule has 0 aliphatic heterocycles. The third-order valence-electron chi connectivity index (χ3n) is 10.8. The van der Waals surface area contributed by atoms with E-state index in [1.54, 1.807) is 6.08 Å². The number of amides is 1. The van der Waals surface area contributed by atoms with Crippen LogP contribution in [0.4, 0.5) is 8.78 Å². The van der Waals surface area contributed by atoms with Crippen LogP contribution in [0, 0.1) is 34.5 Å². The van der Waals surface area contributed by atoms with Crippen molar-refractivity contribution in [2.45, 2.75) is 102 Å². The Hall–Kier alpha value is -1.38. The maximum absolute atomic E-state index is 13.5. The molecular weight excluding hydrogens is 456 g/mol. The van der Waals surface area contributed by atoms with E-state index in [0.717, 1.165) is 12.8 Å². The number of rotatable bonds is 5. The molecule has 8 heteroatoms. The van der Waals surface area contributed by atoms with Crippen LogP contribution < -0.4 is 0 Å². The van der Waals surface area contributed by atoms with Crippen LogP contribution in [0.25, 0.3) is 0 Å². The molecular formula is C27H39F2NO5. The summed E-state index contributed by atoms with van der Waals surface area (Å²) in [5.41, 5.74) is -1.76. The van der Waals surface area contributed by atoms with Gasteiger partial charge in [0.2, 0.25) is 5.91 Å². The quantitative estimate of drug-likeness (QED) is 0.545. The van der Waals surface area contributed by atoms with Gasteiger partial charge in [-0.05, 0) is 87.2 Å². The van der Waals surface area contributed by atoms with Crippen LogP contribution in [0.3, 0.4) is 0 Å². The topological polar surface area (TPSA) is 98.1 Å². The van der Waals surface area contributed by atoms with Crippen molar-refractivity contribution >= 4 is 11.7 Å². The molecule has 0 saturated heterocycles. The first-order valence-corrected chi connectivity index (χ1v) is 13.3. The zero-order chi connectivity index (χ0) is 25.5. The average Bonchev–Trinajstić information content (AvgIpc) is 3.58. The van der Waals surface area contributed by atoms with Gasteiger partial charge in [-0.1, -0.05) is 13.8 Å². The van der Waals surface area contributed by atoms with Crippen molar-refractivity contribution in [1.29, 1.82) is 0 Å². The van der Waals surface area contributed by atoms with Crippen molar-refractivity contribution in [2.24, 2.45) is 34.5 Å². The Morgan fingerprint density at radius 1 is 1.11 bits per heavy atom. The molecule has 0 aromatic heterocycles. The highest BCUT2D eigenvalue weighted by atomic mass is 19.3. The monoisotopic (exact) mass is 495 g/mol. The molecule has 6 nitrogen and oxygen atoms in total. The Morgan fingerprint density at radius 2 is 1.80 bits per heavy atom. The van der Waals surface area contributed by atoms with E-state index >= 15 is 0 Å². The lowest BCUT2D eigenvalue weighted by atomic mass is 9.46. The molecule has 4 saturated carbocycles. The lowest BCUT2D eigenvalue weighted by Gasteiger charge is -2.60. The minimum Gasteiger partial charge on any atom is -0.390 e. The molecule has 3 unspecified atom stereocenters. The molecule has 3 N–H and O–H groups in total. The molecule has 5 rings (SSSR count). The maximum atomic E-state index is 13.5. The lowest BCUT2D eigenvalue weighted by Crippen LogP contribution is -2.61. The summed E-state index contributed by atoms with van der Waals surface area (Å²) in [6, 6.07) is -0.442. The number of carbonyl (C=O) groups is 2. The summed E-state index contributed by atoms with van der Waals surface area (Å²) < 4.78 is 27.0. The first-order valence-electron chi connectivity index (χ1n) is 13.3. The second-order valence-corrected chi connectivity index (χ2v) is 12.5. The Labute approximate surface area is 205 Å². The summed E-state index contributed by atoms with van der Waals surface area (Å²) in [4.78, 5) is 27.6. The van der Waals surface area contributed by atoms with Gasteiger partial charge in [0.25, 0.3) is 6.43 Å². The summed E-state index contributed by atoms with van der Waals surface area (Å²) in [6.45, 7) is 5.25. The number of allylic oxidation sites excluding steroid dienone is 1. The molecule has 4 fully saturated rings. The van der Waals surface area contributed by atoms with Gasteiger partial charge in [0, 0.05) is 23.3 Å². The van der Waals surface area contributed by atoms with Crippen LogP contribution in [-0.2, 0) is 9.59 Å². The minimum atomic E-state index is -2.62. The number of carbonyl (C=O) groups excluding carboxylic acids is 2. The largest absolute Gasteiger partial charge is 0.390 e. The summed E-state index contributed by atoms with van der Waals surface area (Å²) in [7, 11) is 0. The normalized spacial score (nSPS) is 45.9. The second-order valence-electron chi connectivity index (χ2n) is 12.5. The van der Waals surface area contributed by atoms with Crippen LogP contribution in [0.5, 0.6) is 0 Å². The van der Waals surface area contributed by atoms with Gasteiger partial charge in [-0.15, -0.1) is 0 Å². The number of alkyl halides is 2. The van der Waals surface area contributed by atoms with E-state index in [0.29, 0.717) is 37.7 Å². The van der Waals surface area contributed by atoms with E-state index in [4.69, 9.17) is 0 Å². The van der Waals surface area contributed by atoms with E-state index in [9.17, 15) is 33.7 Å². The first kappa shape index (κ1) is 25.3. The van der Waals surface area contributed by atoms with Gasteiger partial charge in [0.1, 0.15) is 0 Å². The summed E-state index contributed by atoms with van der Waals surface area (Å²) in [5, 5.41) is 33.0. The minimum absolute atomic E-state index is 0.0928. The van der Waals surface area contributed by atoms with Crippen LogP contribution in [0.2, 0.25) is 0 Å². The number of nitrogens with zero attached hydrogens (tertiary/aromatic N) is 1. The third kappa shape index (κ3) is 3.64. The number of fused-ring (bicyclic) bond motifs is 5. The van der Waals surface area contributed by atoms with Crippen LogP contribution >= 0.6 is 0 Å². The van der Waals surface area contributed by atoms with Crippen molar-refractivity contribution < 1.29 is 33.7 Å². The van der Waals surface area contributed by atoms with Gasteiger partial charge in [-0.2, -0.15) is 0 Å². The molecule has 0 bridgehead atoms. The Bertz CT molecular complexity index is 937. The first-order chi connectivity index (χ1) is 16.3. The van der Waals surface area contributed by atoms with Gasteiger partial charge in [-0.3, -0.25) is 9.59 Å². The number of aliphatic hydroxyl groups excluding tert-OH is 2. The van der Waals surface area contributed by atoms with E-state index in [-0.39, 0.29) is 35.9 Å². The fourth-order valence-electron chi connectivity index (χ4n) is 8.57. The van der Waals surface area contributed by atoms with E-state index < -0.39 is 53.6 Å². The summed E-state index contributed by atoms with van der Waals surface area (Å²) in [5.74, 6) is -1.13. The SMILES string of the molecule is CC(C1CC[C@@]2(O)C3=CC(=O)[C@@H]4C[C@@H](O)[C@@H](O)C[C@]4(C)C3CC[C@]12C)N(CC(F)F)C(=O)C1CC1. The fourth-order valence-corrected chi connectivity index (χ4v) is 8.57. The van der Waals surface area contributed by atoms with Crippen molar-refractivity contribution in [3.8, 4) is 0 Å². The zero-order valence-electron chi connectivity index (χ0n) is 20.9. The van der Waals surface area contributed by atoms with E-state index in [2.05, 4.69) is 0 Å². The zero-order valence-corrected chi connectivity index (χ0v) is 20.9. The fraction of sp³-hybridized carbons (Fsp3) is 0.852. The highest BCUT2D eigenvalue weighted by Crippen LogP contribution is 2.67. The number of ketones is 1.